The minimum absolute atomic E-state index is 0. The van der Waals surface area contributed by atoms with Crippen LogP contribution in [0.25, 0.3) is 0 Å². The zero-order valence-electron chi connectivity index (χ0n) is 28.5. The Morgan fingerprint density at radius 1 is 0.489 bits per heavy atom. The van der Waals surface area contributed by atoms with Crippen LogP contribution in [0.15, 0.2) is 58.5 Å². The van der Waals surface area contributed by atoms with Crippen molar-refractivity contribution in [1.29, 1.82) is 0 Å². The number of aliphatic imine (C=N–C) groups is 2. The van der Waals surface area contributed by atoms with Crippen LogP contribution in [-0.2, 0) is 0 Å². The van der Waals surface area contributed by atoms with Crippen LogP contribution >= 0.6 is 12.4 Å². The second-order valence-corrected chi connectivity index (χ2v) is 12.6. The van der Waals surface area contributed by atoms with Gasteiger partial charge in [0.2, 0.25) is 0 Å². The van der Waals surface area contributed by atoms with Crippen LogP contribution in [-0.4, -0.2) is 50.9 Å². The summed E-state index contributed by atoms with van der Waals surface area (Å²) in [5.41, 5.74) is 17.2. The van der Waals surface area contributed by atoms with Crippen LogP contribution in [0.4, 0.5) is 11.4 Å². The van der Waals surface area contributed by atoms with E-state index in [1.807, 2.05) is 0 Å². The largest absolute Gasteiger partial charge is 0.384 e. The summed E-state index contributed by atoms with van der Waals surface area (Å²) in [5, 5.41) is 0. The summed E-state index contributed by atoms with van der Waals surface area (Å²) < 4.78 is 0. The average Bonchev–Trinajstić information content (AvgIpc) is 3.07. The molecule has 0 radical (unpaired) electrons. The van der Waals surface area contributed by atoms with E-state index in [-0.39, 0.29) is 12.4 Å². The first-order valence-corrected chi connectivity index (χ1v) is 17.9. The summed E-state index contributed by atoms with van der Waals surface area (Å²) in [6.07, 6.45) is 21.0. The maximum Gasteiger partial charge on any atom is 0.125 e. The van der Waals surface area contributed by atoms with E-state index in [1.54, 1.807) is 0 Å². The molecule has 252 valence electrons. The SMILES string of the molecule is CCCCCCCCCCN=C(N)c1ccc(N2CCN(c3ccc(C(N)=NCCCCCCCCCC)cc3)CC2)cc1.Cl. The van der Waals surface area contributed by atoms with Crippen LogP contribution in [0.2, 0.25) is 0 Å². The van der Waals surface area contributed by atoms with Gasteiger partial charge < -0.3 is 21.3 Å². The van der Waals surface area contributed by atoms with Crippen molar-refractivity contribution in [2.75, 3.05) is 49.1 Å². The van der Waals surface area contributed by atoms with Gasteiger partial charge in [-0.15, -0.1) is 12.4 Å². The normalized spacial score (nSPS) is 14.1. The highest BCUT2D eigenvalue weighted by atomic mass is 35.5. The number of piperazine rings is 1. The molecule has 6 nitrogen and oxygen atoms in total. The fourth-order valence-corrected chi connectivity index (χ4v) is 5.98. The van der Waals surface area contributed by atoms with Gasteiger partial charge in [-0.25, -0.2) is 0 Å². The van der Waals surface area contributed by atoms with E-state index in [0.29, 0.717) is 11.7 Å². The van der Waals surface area contributed by atoms with Gasteiger partial charge in [0.25, 0.3) is 0 Å². The third kappa shape index (κ3) is 14.9. The third-order valence-electron chi connectivity index (χ3n) is 8.92. The predicted octanol–water partition coefficient (Wildman–Crippen LogP) is 9.13. The molecule has 0 aliphatic carbocycles. The number of benzene rings is 2. The number of amidine groups is 2. The molecule has 0 saturated carbocycles. The number of hydrogen-bond donors (Lipinski definition) is 2. The Morgan fingerprint density at radius 2 is 0.778 bits per heavy atom. The molecule has 0 bridgehead atoms. The van der Waals surface area contributed by atoms with Crippen molar-refractivity contribution in [2.45, 2.75) is 117 Å². The van der Waals surface area contributed by atoms with Crippen molar-refractivity contribution in [1.82, 2.24) is 0 Å². The molecule has 0 spiro atoms. The Kier molecular flexibility index (Phi) is 20.2. The predicted molar refractivity (Wildman–Crippen MR) is 201 cm³/mol. The van der Waals surface area contributed by atoms with Gasteiger partial charge in [-0.05, 0) is 61.4 Å². The summed E-state index contributed by atoms with van der Waals surface area (Å²) in [4.78, 5) is 14.2. The van der Waals surface area contributed by atoms with E-state index in [2.05, 4.69) is 82.2 Å². The van der Waals surface area contributed by atoms with Crippen molar-refractivity contribution >= 4 is 35.5 Å². The van der Waals surface area contributed by atoms with Crippen LogP contribution in [0.5, 0.6) is 0 Å². The first kappa shape index (κ1) is 38.5. The Bertz CT molecular complexity index is 987. The average molecular weight is 639 g/mol. The molecule has 0 aromatic heterocycles. The minimum atomic E-state index is 0. The molecule has 45 heavy (non-hydrogen) atoms. The van der Waals surface area contributed by atoms with Gasteiger partial charge in [0.1, 0.15) is 11.7 Å². The Balaban J connectivity index is 0.00000705. The van der Waals surface area contributed by atoms with E-state index in [0.717, 1.165) is 63.2 Å². The number of anilines is 2. The number of halogens is 1. The quantitative estimate of drug-likeness (QED) is 0.0765. The Morgan fingerprint density at radius 3 is 1.09 bits per heavy atom. The van der Waals surface area contributed by atoms with Gasteiger partial charge in [0.05, 0.1) is 0 Å². The van der Waals surface area contributed by atoms with Crippen LogP contribution in [0.3, 0.4) is 0 Å². The molecule has 1 aliphatic rings. The number of hydrogen-bond acceptors (Lipinski definition) is 4. The summed E-state index contributed by atoms with van der Waals surface area (Å²) in [5.74, 6) is 1.32. The lowest BCUT2D eigenvalue weighted by molar-refractivity contribution is 0.578. The summed E-state index contributed by atoms with van der Waals surface area (Å²) >= 11 is 0. The zero-order chi connectivity index (χ0) is 31.2. The van der Waals surface area contributed by atoms with E-state index in [9.17, 15) is 0 Å². The van der Waals surface area contributed by atoms with Crippen molar-refractivity contribution in [3.8, 4) is 0 Å². The molecule has 7 heteroatoms. The Labute approximate surface area is 281 Å². The maximum absolute atomic E-state index is 6.30. The van der Waals surface area contributed by atoms with Gasteiger partial charge in [-0.2, -0.15) is 0 Å². The highest BCUT2D eigenvalue weighted by Crippen LogP contribution is 2.22. The van der Waals surface area contributed by atoms with Gasteiger partial charge in [0.15, 0.2) is 0 Å². The number of nitrogens with two attached hydrogens (primary N) is 2. The van der Waals surface area contributed by atoms with Crippen molar-refractivity contribution < 1.29 is 0 Å². The van der Waals surface area contributed by atoms with Crippen molar-refractivity contribution in [2.24, 2.45) is 21.5 Å². The Hall–Kier alpha value is -2.73. The lowest BCUT2D eigenvalue weighted by atomic mass is 10.1. The lowest BCUT2D eigenvalue weighted by Crippen LogP contribution is -2.46. The van der Waals surface area contributed by atoms with Crippen LogP contribution in [0.1, 0.15) is 128 Å². The second-order valence-electron chi connectivity index (χ2n) is 12.6. The van der Waals surface area contributed by atoms with E-state index >= 15 is 0 Å². The fourth-order valence-electron chi connectivity index (χ4n) is 5.98. The molecule has 1 fully saturated rings. The molecular formula is C38H63ClN6. The maximum atomic E-state index is 6.30. The fraction of sp³-hybridized carbons (Fsp3) is 0.632. The topological polar surface area (TPSA) is 83.2 Å². The first-order chi connectivity index (χ1) is 21.6. The van der Waals surface area contributed by atoms with Crippen molar-refractivity contribution in [3.63, 3.8) is 0 Å². The third-order valence-corrected chi connectivity index (χ3v) is 8.92. The molecule has 3 rings (SSSR count). The minimum Gasteiger partial charge on any atom is -0.384 e. The van der Waals surface area contributed by atoms with Crippen LogP contribution < -0.4 is 21.3 Å². The molecule has 0 atom stereocenters. The van der Waals surface area contributed by atoms with Crippen LogP contribution in [0, 0.1) is 0 Å². The molecule has 0 amide bonds. The summed E-state index contributed by atoms with van der Waals surface area (Å²) in [6.45, 7) is 10.1. The molecule has 2 aromatic carbocycles. The second kappa shape index (κ2) is 23.6. The van der Waals surface area contributed by atoms with Crippen molar-refractivity contribution in [3.05, 3.63) is 59.7 Å². The molecule has 4 N–H and O–H groups in total. The number of rotatable bonds is 22. The molecule has 1 heterocycles. The lowest BCUT2D eigenvalue weighted by Gasteiger charge is -2.37. The summed E-state index contributed by atoms with van der Waals surface area (Å²) in [7, 11) is 0. The first-order valence-electron chi connectivity index (χ1n) is 17.9. The highest BCUT2D eigenvalue weighted by Gasteiger charge is 2.18. The van der Waals surface area contributed by atoms with Gasteiger partial charge in [0, 0.05) is 61.8 Å². The molecule has 2 aromatic rings. The molecule has 1 aliphatic heterocycles. The van der Waals surface area contributed by atoms with Gasteiger partial charge in [-0.3, -0.25) is 9.98 Å². The van der Waals surface area contributed by atoms with Gasteiger partial charge in [-0.1, -0.05) is 104 Å². The van der Waals surface area contributed by atoms with Gasteiger partial charge >= 0.3 is 0 Å². The number of nitrogens with zero attached hydrogens (tertiary/aromatic N) is 4. The molecular weight excluding hydrogens is 576 g/mol. The van der Waals surface area contributed by atoms with E-state index in [4.69, 9.17) is 11.5 Å². The standard InChI is InChI=1S/C38H62N6.ClH/c1-3-5-7-9-11-13-15-17-27-41-37(39)33-19-23-35(24-20-33)43-29-31-44(32-30-43)36-25-21-34(22-26-36)38(40)42-28-18-16-14-12-10-8-6-4-2;/h19-26H,3-18,27-32H2,1-2H3,(H2,39,41)(H2,40,42);1H. The zero-order valence-corrected chi connectivity index (χ0v) is 29.3. The highest BCUT2D eigenvalue weighted by molar-refractivity contribution is 5.98. The monoisotopic (exact) mass is 638 g/mol. The smallest absolute Gasteiger partial charge is 0.125 e. The van der Waals surface area contributed by atoms with E-state index < -0.39 is 0 Å². The molecule has 1 saturated heterocycles. The summed E-state index contributed by atoms with van der Waals surface area (Å²) in [6, 6.07) is 17.2. The van der Waals surface area contributed by atoms with E-state index in [1.165, 1.54) is 101 Å². The molecule has 0 unspecified atom stereocenters. The number of unbranched alkanes of at least 4 members (excludes halogenated alkanes) is 14.